The second-order valence-corrected chi connectivity index (χ2v) is 12.1. The van der Waals surface area contributed by atoms with E-state index in [1.807, 2.05) is 0 Å². The zero-order valence-electron chi connectivity index (χ0n) is 22.4. The smallest absolute Gasteiger partial charge is 0.338 e. The zero-order valence-corrected chi connectivity index (χ0v) is 22.4. The molecule has 1 heterocycles. The van der Waals surface area contributed by atoms with Crippen LogP contribution in [0.15, 0.2) is 41.5 Å². The quantitative estimate of drug-likeness (QED) is 0.398. The van der Waals surface area contributed by atoms with Crippen molar-refractivity contribution in [1.29, 1.82) is 0 Å². The third-order valence-corrected chi connectivity index (χ3v) is 9.81. The van der Waals surface area contributed by atoms with Crippen molar-refractivity contribution in [3.8, 4) is 0 Å². The van der Waals surface area contributed by atoms with E-state index in [4.69, 9.17) is 14.2 Å². The Hall–Kier alpha value is -2.59. The van der Waals surface area contributed by atoms with Gasteiger partial charge in [0.05, 0.1) is 24.2 Å². The van der Waals surface area contributed by atoms with Gasteiger partial charge >= 0.3 is 11.9 Å². The van der Waals surface area contributed by atoms with E-state index in [1.54, 1.807) is 58.0 Å². The Morgan fingerprint density at radius 1 is 1.11 bits per heavy atom. The minimum atomic E-state index is -1.94. The number of rotatable bonds is 3. The topological polar surface area (TPSA) is 140 Å². The van der Waals surface area contributed by atoms with Gasteiger partial charge in [-0.2, -0.15) is 0 Å². The fourth-order valence-electron chi connectivity index (χ4n) is 7.68. The predicted molar refractivity (Wildman–Crippen MR) is 134 cm³/mol. The highest BCUT2D eigenvalue weighted by Gasteiger charge is 2.75. The van der Waals surface area contributed by atoms with Crippen LogP contribution >= 0.6 is 0 Å². The van der Waals surface area contributed by atoms with E-state index < -0.39 is 70.1 Å². The van der Waals surface area contributed by atoms with Gasteiger partial charge in [-0.25, -0.2) is 4.79 Å². The van der Waals surface area contributed by atoms with Crippen molar-refractivity contribution < 1.29 is 43.9 Å². The lowest BCUT2D eigenvalue weighted by Crippen LogP contribution is -2.79. The van der Waals surface area contributed by atoms with Crippen LogP contribution in [0.3, 0.4) is 0 Å². The van der Waals surface area contributed by atoms with Gasteiger partial charge < -0.3 is 29.5 Å². The molecule has 9 heteroatoms. The number of aliphatic hydroxyl groups is 3. The molecule has 2 saturated carbocycles. The number of fused-ring (bicyclic) bond motifs is 5. The van der Waals surface area contributed by atoms with Crippen molar-refractivity contribution >= 4 is 17.7 Å². The molecule has 2 unspecified atom stereocenters. The monoisotopic (exact) mass is 528 g/mol. The lowest BCUT2D eigenvalue weighted by Gasteiger charge is -2.66. The van der Waals surface area contributed by atoms with Crippen LogP contribution in [0.1, 0.15) is 64.2 Å². The fourth-order valence-corrected chi connectivity index (χ4v) is 7.68. The van der Waals surface area contributed by atoms with Crippen molar-refractivity contribution in [3.63, 3.8) is 0 Å². The number of esters is 2. The SMILES string of the molecule is CC(=O)O[C@@]12CO[C@@H]1CC[C@@]1(C)C(=O)C(O)C3=C(C)[C@@H](O)C[C@@](O)([C@@H](OC(=O)c4ccccc4)C12)C3(C)C. The van der Waals surface area contributed by atoms with Crippen LogP contribution < -0.4 is 0 Å². The lowest BCUT2D eigenvalue weighted by molar-refractivity contribution is -0.332. The van der Waals surface area contributed by atoms with E-state index in [0.29, 0.717) is 12.0 Å². The van der Waals surface area contributed by atoms with Crippen molar-refractivity contribution in [3.05, 3.63) is 47.0 Å². The number of ketones is 1. The highest BCUT2D eigenvalue weighted by Crippen LogP contribution is 2.63. The van der Waals surface area contributed by atoms with Gasteiger partial charge in [0.2, 0.25) is 0 Å². The van der Waals surface area contributed by atoms with Crippen molar-refractivity contribution in [2.75, 3.05) is 6.61 Å². The molecule has 8 atom stereocenters. The Balaban J connectivity index is 1.78. The summed E-state index contributed by atoms with van der Waals surface area (Å²) in [6.07, 6.45) is -4.37. The molecule has 1 aromatic carbocycles. The molecule has 5 rings (SSSR count). The Morgan fingerprint density at radius 2 is 1.76 bits per heavy atom. The molecule has 0 spiro atoms. The number of hydrogen-bond acceptors (Lipinski definition) is 9. The number of carbonyl (C=O) groups excluding carboxylic acids is 3. The van der Waals surface area contributed by atoms with Crippen LogP contribution in [0.4, 0.5) is 0 Å². The summed E-state index contributed by atoms with van der Waals surface area (Å²) in [7, 11) is 0. The van der Waals surface area contributed by atoms with Crippen LogP contribution in [-0.4, -0.2) is 75.3 Å². The fraction of sp³-hybridized carbons (Fsp3) is 0.621. The lowest BCUT2D eigenvalue weighted by atomic mass is 9.45. The Morgan fingerprint density at radius 3 is 2.34 bits per heavy atom. The van der Waals surface area contributed by atoms with Crippen molar-refractivity contribution in [1.82, 2.24) is 0 Å². The highest BCUT2D eigenvalue weighted by molar-refractivity contribution is 5.93. The van der Waals surface area contributed by atoms with Crippen LogP contribution in [0.25, 0.3) is 0 Å². The van der Waals surface area contributed by atoms with E-state index >= 15 is 0 Å². The molecular formula is C29H36O9. The maximum atomic E-state index is 14.2. The molecule has 206 valence electrons. The number of Topliss-reactive ketones (excluding diaryl/α,β-unsaturated/α-hetero) is 1. The summed E-state index contributed by atoms with van der Waals surface area (Å²) in [6, 6.07) is 8.28. The van der Waals surface area contributed by atoms with E-state index in [2.05, 4.69) is 0 Å². The Kier molecular flexibility index (Phi) is 6.19. The van der Waals surface area contributed by atoms with Gasteiger partial charge in [0.25, 0.3) is 0 Å². The zero-order chi connectivity index (χ0) is 27.8. The molecular weight excluding hydrogens is 492 g/mol. The van der Waals surface area contributed by atoms with Gasteiger partial charge in [0.15, 0.2) is 11.4 Å². The van der Waals surface area contributed by atoms with Gasteiger partial charge in [-0.3, -0.25) is 9.59 Å². The van der Waals surface area contributed by atoms with E-state index in [9.17, 15) is 29.7 Å². The summed E-state index contributed by atoms with van der Waals surface area (Å²) in [5.74, 6) is -2.91. The minimum Gasteiger partial charge on any atom is -0.455 e. The third kappa shape index (κ3) is 3.48. The first kappa shape index (κ1) is 27.0. The van der Waals surface area contributed by atoms with E-state index in [0.717, 1.165) is 0 Å². The first-order valence-electron chi connectivity index (χ1n) is 13.1. The van der Waals surface area contributed by atoms with E-state index in [1.165, 1.54) is 6.92 Å². The number of benzene rings is 1. The summed E-state index contributed by atoms with van der Waals surface area (Å²) >= 11 is 0. The van der Waals surface area contributed by atoms with Gasteiger partial charge in [0.1, 0.15) is 23.9 Å². The summed E-state index contributed by atoms with van der Waals surface area (Å²) in [4.78, 5) is 40.2. The van der Waals surface area contributed by atoms with Crippen molar-refractivity contribution in [2.45, 2.75) is 89.5 Å². The molecule has 3 N–H and O–H groups in total. The number of carbonyl (C=O) groups is 3. The molecule has 4 aliphatic rings. The molecule has 1 aromatic rings. The van der Waals surface area contributed by atoms with Crippen LogP contribution in [0.2, 0.25) is 0 Å². The van der Waals surface area contributed by atoms with Crippen LogP contribution in [0, 0.1) is 16.7 Å². The van der Waals surface area contributed by atoms with Gasteiger partial charge in [0, 0.05) is 24.2 Å². The maximum Gasteiger partial charge on any atom is 0.338 e. The maximum absolute atomic E-state index is 14.2. The molecule has 0 amide bonds. The van der Waals surface area contributed by atoms with Gasteiger partial charge in [-0.1, -0.05) is 39.0 Å². The van der Waals surface area contributed by atoms with Crippen LogP contribution in [-0.2, 0) is 23.8 Å². The standard InChI is InChI=1S/C29H36O9/c1-15-18(31)13-29(35)24(37-25(34)17-9-7-6-8-10-17)22-27(5,23(33)21(32)20(15)26(29,3)4)12-11-19-28(22,14-36-19)38-16(2)30/h6-10,18-19,21-22,24,31-32,35H,11-14H2,1-5H3/t18-,19+,21?,22?,24-,27+,28-,29+/m0/s1. The van der Waals surface area contributed by atoms with Crippen LogP contribution in [0.5, 0.6) is 0 Å². The third-order valence-electron chi connectivity index (χ3n) is 9.81. The average molecular weight is 529 g/mol. The summed E-state index contributed by atoms with van der Waals surface area (Å²) < 4.78 is 17.9. The van der Waals surface area contributed by atoms with Gasteiger partial charge in [-0.05, 0) is 43.0 Å². The van der Waals surface area contributed by atoms with Gasteiger partial charge in [-0.15, -0.1) is 0 Å². The normalized spacial score (nSPS) is 41.6. The number of hydrogen-bond donors (Lipinski definition) is 3. The Bertz CT molecular complexity index is 1210. The molecule has 38 heavy (non-hydrogen) atoms. The first-order valence-corrected chi connectivity index (χ1v) is 13.1. The minimum absolute atomic E-state index is 0.0545. The van der Waals surface area contributed by atoms with Crippen molar-refractivity contribution in [2.24, 2.45) is 16.7 Å². The summed E-state index contributed by atoms with van der Waals surface area (Å²) in [5.41, 5.74) is -5.10. The molecule has 9 nitrogen and oxygen atoms in total. The van der Waals surface area contributed by atoms with E-state index in [-0.39, 0.29) is 30.6 Å². The molecule has 1 saturated heterocycles. The number of aliphatic hydroxyl groups excluding tert-OH is 2. The molecule has 0 aromatic heterocycles. The molecule has 1 aliphatic heterocycles. The molecule has 2 bridgehead atoms. The highest BCUT2D eigenvalue weighted by atomic mass is 16.6. The second-order valence-electron chi connectivity index (χ2n) is 12.1. The molecule has 0 radical (unpaired) electrons. The molecule has 3 aliphatic carbocycles. The average Bonchev–Trinajstić information content (AvgIpc) is 2.84. The second kappa shape index (κ2) is 8.71. The Labute approximate surface area is 221 Å². The largest absolute Gasteiger partial charge is 0.455 e. The summed E-state index contributed by atoms with van der Waals surface area (Å²) in [5, 5.41) is 35.3. The predicted octanol–water partition coefficient (Wildman–Crippen LogP) is 2.11. The molecule has 3 fully saturated rings. The first-order chi connectivity index (χ1) is 17.7. The number of ether oxygens (including phenoxy) is 3. The summed E-state index contributed by atoms with van der Waals surface area (Å²) in [6.45, 7) is 7.87.